The molecule has 1 aliphatic heterocycles. The van der Waals surface area contributed by atoms with Crippen molar-refractivity contribution in [3.05, 3.63) is 53.6 Å². The SMILES string of the molecule is CC(=O)Nc1ccccc1O[C@H]1CC[C@H](N2CCC(Oc3ccc(Cl)cc3)CC2)[C@@H]1O. The van der Waals surface area contributed by atoms with Crippen LogP contribution in [0.2, 0.25) is 5.02 Å². The lowest BCUT2D eigenvalue weighted by atomic mass is 10.0. The zero-order valence-corrected chi connectivity index (χ0v) is 18.4. The van der Waals surface area contributed by atoms with E-state index in [1.165, 1.54) is 6.92 Å². The molecule has 31 heavy (non-hydrogen) atoms. The van der Waals surface area contributed by atoms with Crippen LogP contribution >= 0.6 is 11.6 Å². The zero-order chi connectivity index (χ0) is 21.8. The molecular formula is C24H29ClN2O4. The van der Waals surface area contributed by atoms with E-state index in [1.54, 1.807) is 6.07 Å². The lowest BCUT2D eigenvalue weighted by Gasteiger charge is -2.37. The van der Waals surface area contributed by atoms with Crippen molar-refractivity contribution in [1.82, 2.24) is 4.90 Å². The summed E-state index contributed by atoms with van der Waals surface area (Å²) in [5.41, 5.74) is 0.630. The average Bonchev–Trinajstić information content (AvgIpc) is 3.11. The van der Waals surface area contributed by atoms with Crippen LogP contribution in [0.3, 0.4) is 0 Å². The molecule has 0 aromatic heterocycles. The molecule has 1 amide bonds. The summed E-state index contributed by atoms with van der Waals surface area (Å²) >= 11 is 5.94. The number of benzene rings is 2. The van der Waals surface area contributed by atoms with E-state index in [-0.39, 0.29) is 24.2 Å². The van der Waals surface area contributed by atoms with Crippen LogP contribution in [0.25, 0.3) is 0 Å². The number of nitrogens with one attached hydrogen (secondary N) is 1. The second kappa shape index (κ2) is 9.90. The first-order valence-corrected chi connectivity index (χ1v) is 11.2. The predicted molar refractivity (Wildman–Crippen MR) is 121 cm³/mol. The Labute approximate surface area is 188 Å². The monoisotopic (exact) mass is 444 g/mol. The lowest BCUT2D eigenvalue weighted by Crippen LogP contribution is -2.49. The highest BCUT2D eigenvalue weighted by molar-refractivity contribution is 6.30. The normalized spacial score (nSPS) is 24.7. The first-order valence-electron chi connectivity index (χ1n) is 10.9. The molecule has 4 rings (SSSR count). The van der Waals surface area contributed by atoms with E-state index >= 15 is 0 Å². The number of para-hydroxylation sites is 2. The largest absolute Gasteiger partial charge is 0.490 e. The van der Waals surface area contributed by atoms with E-state index in [9.17, 15) is 9.90 Å². The number of carbonyl (C=O) groups is 1. The van der Waals surface area contributed by atoms with Gasteiger partial charge in [-0.25, -0.2) is 0 Å². The summed E-state index contributed by atoms with van der Waals surface area (Å²) in [6.45, 7) is 3.24. The third-order valence-electron chi connectivity index (χ3n) is 6.06. The Morgan fingerprint density at radius 1 is 1.03 bits per heavy atom. The minimum Gasteiger partial charge on any atom is -0.490 e. The summed E-state index contributed by atoms with van der Waals surface area (Å²) in [6, 6.07) is 14.9. The summed E-state index contributed by atoms with van der Waals surface area (Å²) < 4.78 is 12.2. The van der Waals surface area contributed by atoms with E-state index in [1.807, 2.05) is 42.5 Å². The Morgan fingerprint density at radius 3 is 2.45 bits per heavy atom. The van der Waals surface area contributed by atoms with Crippen LogP contribution in [0, 0.1) is 0 Å². The first-order chi connectivity index (χ1) is 15.0. The standard InChI is InChI=1S/C24H29ClN2O4/c1-16(28)26-20-4-2-3-5-22(20)31-23-11-10-21(24(23)29)27-14-12-19(13-15-27)30-18-8-6-17(25)7-9-18/h2-9,19,21,23-24,29H,10-15H2,1H3,(H,26,28)/t21-,23-,24-/m0/s1. The highest BCUT2D eigenvalue weighted by Gasteiger charge is 2.41. The van der Waals surface area contributed by atoms with Crippen LogP contribution in [0.5, 0.6) is 11.5 Å². The van der Waals surface area contributed by atoms with Crippen LogP contribution < -0.4 is 14.8 Å². The smallest absolute Gasteiger partial charge is 0.221 e. The molecule has 2 aromatic rings. The van der Waals surface area contributed by atoms with Gasteiger partial charge in [-0.2, -0.15) is 0 Å². The van der Waals surface area contributed by atoms with Gasteiger partial charge < -0.3 is 19.9 Å². The Bertz CT molecular complexity index is 883. The van der Waals surface area contributed by atoms with Crippen molar-refractivity contribution in [2.75, 3.05) is 18.4 Å². The van der Waals surface area contributed by atoms with Crippen LogP contribution in [-0.4, -0.2) is 53.4 Å². The van der Waals surface area contributed by atoms with Crippen LogP contribution in [0.15, 0.2) is 48.5 Å². The first kappa shape index (κ1) is 21.9. The number of rotatable bonds is 6. The zero-order valence-electron chi connectivity index (χ0n) is 17.7. The third kappa shape index (κ3) is 5.50. The number of aliphatic hydroxyl groups excluding tert-OH is 1. The van der Waals surface area contributed by atoms with Gasteiger partial charge in [0, 0.05) is 31.1 Å². The number of piperidine rings is 1. The number of amides is 1. The number of hydrogen-bond acceptors (Lipinski definition) is 5. The van der Waals surface area contributed by atoms with Gasteiger partial charge in [-0.1, -0.05) is 23.7 Å². The van der Waals surface area contributed by atoms with Crippen molar-refractivity contribution in [2.45, 2.75) is 57.0 Å². The van der Waals surface area contributed by atoms with Gasteiger partial charge in [-0.15, -0.1) is 0 Å². The maximum absolute atomic E-state index is 11.4. The van der Waals surface area contributed by atoms with Crippen molar-refractivity contribution in [3.8, 4) is 11.5 Å². The number of hydrogen-bond donors (Lipinski definition) is 2. The molecule has 0 bridgehead atoms. The van der Waals surface area contributed by atoms with Crippen molar-refractivity contribution < 1.29 is 19.4 Å². The fourth-order valence-electron chi connectivity index (χ4n) is 4.51. The molecule has 1 aliphatic carbocycles. The highest BCUT2D eigenvalue weighted by Crippen LogP contribution is 2.33. The molecule has 6 nitrogen and oxygen atoms in total. The number of ether oxygens (including phenoxy) is 2. The fourth-order valence-corrected chi connectivity index (χ4v) is 4.63. The molecule has 2 N–H and O–H groups in total. The van der Waals surface area contributed by atoms with Gasteiger partial charge in [0.15, 0.2) is 0 Å². The van der Waals surface area contributed by atoms with Crippen molar-refractivity contribution in [2.24, 2.45) is 0 Å². The number of aliphatic hydroxyl groups is 1. The number of carbonyl (C=O) groups excluding carboxylic acids is 1. The molecule has 2 aromatic carbocycles. The van der Waals surface area contributed by atoms with E-state index in [2.05, 4.69) is 10.2 Å². The Balaban J connectivity index is 1.30. The molecule has 1 saturated carbocycles. The van der Waals surface area contributed by atoms with Gasteiger partial charge in [-0.05, 0) is 62.1 Å². The van der Waals surface area contributed by atoms with Crippen molar-refractivity contribution >= 4 is 23.2 Å². The summed E-state index contributed by atoms with van der Waals surface area (Å²) in [4.78, 5) is 13.8. The van der Waals surface area contributed by atoms with Gasteiger partial charge in [-0.3, -0.25) is 9.69 Å². The molecule has 3 atom stereocenters. The number of halogens is 1. The van der Waals surface area contributed by atoms with Crippen LogP contribution in [0.4, 0.5) is 5.69 Å². The van der Waals surface area contributed by atoms with E-state index < -0.39 is 6.10 Å². The number of nitrogens with zero attached hydrogens (tertiary/aromatic N) is 1. The Kier molecular flexibility index (Phi) is 7.00. The molecule has 7 heteroatoms. The lowest BCUT2D eigenvalue weighted by molar-refractivity contribution is -0.114. The molecule has 2 aliphatic rings. The second-order valence-corrected chi connectivity index (χ2v) is 8.71. The van der Waals surface area contributed by atoms with E-state index in [4.69, 9.17) is 21.1 Å². The van der Waals surface area contributed by atoms with Crippen LogP contribution in [0.1, 0.15) is 32.6 Å². The molecule has 166 valence electrons. The van der Waals surface area contributed by atoms with Crippen molar-refractivity contribution in [1.29, 1.82) is 0 Å². The summed E-state index contributed by atoms with van der Waals surface area (Å²) in [5, 5.41) is 14.5. The predicted octanol–water partition coefficient (Wildman–Crippen LogP) is 4.11. The fraction of sp³-hybridized carbons (Fsp3) is 0.458. The van der Waals surface area contributed by atoms with Gasteiger partial charge in [0.05, 0.1) is 5.69 Å². The van der Waals surface area contributed by atoms with Crippen molar-refractivity contribution in [3.63, 3.8) is 0 Å². The quantitative estimate of drug-likeness (QED) is 0.701. The molecule has 1 saturated heterocycles. The second-order valence-electron chi connectivity index (χ2n) is 8.28. The highest BCUT2D eigenvalue weighted by atomic mass is 35.5. The maximum Gasteiger partial charge on any atom is 0.221 e. The van der Waals surface area contributed by atoms with Gasteiger partial charge in [0.25, 0.3) is 0 Å². The van der Waals surface area contributed by atoms with Gasteiger partial charge in [0.1, 0.15) is 29.8 Å². The summed E-state index contributed by atoms with van der Waals surface area (Å²) in [6.07, 6.45) is 2.82. The average molecular weight is 445 g/mol. The number of anilines is 1. The van der Waals surface area contributed by atoms with Crippen LogP contribution in [-0.2, 0) is 4.79 Å². The third-order valence-corrected chi connectivity index (χ3v) is 6.31. The summed E-state index contributed by atoms with van der Waals surface area (Å²) in [7, 11) is 0. The maximum atomic E-state index is 11.4. The van der Waals surface area contributed by atoms with E-state index in [0.29, 0.717) is 16.5 Å². The van der Waals surface area contributed by atoms with Gasteiger partial charge >= 0.3 is 0 Å². The van der Waals surface area contributed by atoms with E-state index in [0.717, 1.165) is 44.5 Å². The minimum atomic E-state index is -0.570. The Morgan fingerprint density at radius 2 is 1.74 bits per heavy atom. The number of likely N-dealkylation sites (tertiary alicyclic amines) is 1. The minimum absolute atomic E-state index is 0.0782. The molecule has 2 fully saturated rings. The van der Waals surface area contributed by atoms with Gasteiger partial charge in [0.2, 0.25) is 5.91 Å². The molecule has 0 radical (unpaired) electrons. The Hall–Kier alpha value is -2.28. The molecular weight excluding hydrogens is 416 g/mol. The topological polar surface area (TPSA) is 71.0 Å². The molecule has 0 unspecified atom stereocenters. The molecule has 0 spiro atoms. The molecule has 1 heterocycles. The summed E-state index contributed by atoms with van der Waals surface area (Å²) in [5.74, 6) is 1.29.